The summed E-state index contributed by atoms with van der Waals surface area (Å²) < 4.78 is 18.5. The van der Waals surface area contributed by atoms with Crippen molar-refractivity contribution >= 4 is 17.9 Å². The van der Waals surface area contributed by atoms with E-state index in [2.05, 4.69) is 0 Å². The summed E-state index contributed by atoms with van der Waals surface area (Å²) in [4.78, 5) is 15.8. The topological polar surface area (TPSA) is 68.2 Å². The van der Waals surface area contributed by atoms with Gasteiger partial charge in [0.2, 0.25) is 0 Å². The van der Waals surface area contributed by atoms with Gasteiger partial charge < -0.3 is 19.3 Å². The molecule has 34 heavy (non-hydrogen) atoms. The number of benzene rings is 3. The van der Waals surface area contributed by atoms with Crippen LogP contribution in [0.15, 0.2) is 95.9 Å². The molecule has 2 aliphatic heterocycles. The van der Waals surface area contributed by atoms with E-state index in [0.29, 0.717) is 13.2 Å². The molecule has 3 aromatic carbocycles. The SMILES string of the molecule is O=C1O[C@H]2[C@H](OCc3ccccc3)[C@@H](CO)O[C@@H](Sc3ccccc3)[C@@H]2N1Cc1ccccc1. The van der Waals surface area contributed by atoms with Crippen LogP contribution in [0.5, 0.6) is 0 Å². The molecule has 1 amide bonds. The number of fused-ring (bicyclic) bond motifs is 1. The molecule has 0 aliphatic carbocycles. The van der Waals surface area contributed by atoms with Crippen LogP contribution < -0.4 is 0 Å². The molecule has 0 unspecified atom stereocenters. The molecule has 0 saturated carbocycles. The Bertz CT molecular complexity index is 1070. The quantitative estimate of drug-likeness (QED) is 0.516. The Balaban J connectivity index is 1.43. The predicted octanol–water partition coefficient (Wildman–Crippen LogP) is 4.47. The number of ether oxygens (including phenoxy) is 3. The average molecular weight is 478 g/mol. The fraction of sp³-hybridized carbons (Fsp3) is 0.296. The normalized spacial score (nSPS) is 26.2. The van der Waals surface area contributed by atoms with Gasteiger partial charge in [-0.15, -0.1) is 0 Å². The molecule has 0 spiro atoms. The summed E-state index contributed by atoms with van der Waals surface area (Å²) >= 11 is 1.53. The van der Waals surface area contributed by atoms with E-state index in [4.69, 9.17) is 14.2 Å². The van der Waals surface area contributed by atoms with Crippen LogP contribution in [-0.4, -0.2) is 52.5 Å². The number of carbonyl (C=O) groups excluding carboxylic acids is 1. The monoisotopic (exact) mass is 477 g/mol. The van der Waals surface area contributed by atoms with Crippen LogP contribution >= 0.6 is 11.8 Å². The lowest BCUT2D eigenvalue weighted by atomic mass is 9.97. The van der Waals surface area contributed by atoms with Crippen LogP contribution in [0.1, 0.15) is 11.1 Å². The predicted molar refractivity (Wildman–Crippen MR) is 129 cm³/mol. The summed E-state index contributed by atoms with van der Waals surface area (Å²) in [5, 5.41) is 10.2. The number of aliphatic hydroxyl groups excluding tert-OH is 1. The van der Waals surface area contributed by atoms with Crippen LogP contribution in [-0.2, 0) is 27.4 Å². The Morgan fingerprint density at radius 3 is 2.15 bits per heavy atom. The lowest BCUT2D eigenvalue weighted by molar-refractivity contribution is -0.186. The highest BCUT2D eigenvalue weighted by molar-refractivity contribution is 7.99. The number of thioether (sulfide) groups is 1. The summed E-state index contributed by atoms with van der Waals surface area (Å²) in [5.41, 5.74) is 1.59. The molecule has 2 aliphatic rings. The van der Waals surface area contributed by atoms with E-state index in [1.54, 1.807) is 4.90 Å². The third-order valence-electron chi connectivity index (χ3n) is 6.10. The lowest BCUT2D eigenvalue weighted by Crippen LogP contribution is -2.60. The van der Waals surface area contributed by atoms with E-state index in [0.717, 1.165) is 16.0 Å². The molecule has 3 aromatic rings. The Labute approximate surface area is 203 Å². The number of hydrogen-bond acceptors (Lipinski definition) is 6. The Morgan fingerprint density at radius 2 is 1.50 bits per heavy atom. The van der Waals surface area contributed by atoms with E-state index in [9.17, 15) is 9.90 Å². The van der Waals surface area contributed by atoms with Crippen molar-refractivity contribution in [1.29, 1.82) is 0 Å². The van der Waals surface area contributed by atoms with Gasteiger partial charge in [0.15, 0.2) is 6.10 Å². The van der Waals surface area contributed by atoms with Crippen LogP contribution in [0.4, 0.5) is 4.79 Å². The molecule has 176 valence electrons. The lowest BCUT2D eigenvalue weighted by Gasteiger charge is -2.43. The van der Waals surface area contributed by atoms with Crippen molar-refractivity contribution in [2.24, 2.45) is 0 Å². The standard InChI is InChI=1S/C27H27NO5S/c29-17-22-24(31-18-20-12-6-2-7-13-20)25-23(26(32-22)34-21-14-8-3-9-15-21)28(27(30)33-25)16-19-10-4-1-5-11-19/h1-15,22-26,29H,16-18H2/t22-,23-,24-,25-,26+/m1/s1. The van der Waals surface area contributed by atoms with Gasteiger partial charge in [0.25, 0.3) is 0 Å². The molecule has 7 heteroatoms. The largest absolute Gasteiger partial charge is 0.441 e. The van der Waals surface area contributed by atoms with Gasteiger partial charge in [0.05, 0.1) is 13.2 Å². The third kappa shape index (κ3) is 4.98. The van der Waals surface area contributed by atoms with Gasteiger partial charge >= 0.3 is 6.09 Å². The van der Waals surface area contributed by atoms with Gasteiger partial charge in [-0.3, -0.25) is 4.90 Å². The Kier molecular flexibility index (Phi) is 7.16. The first kappa shape index (κ1) is 22.9. The first-order chi connectivity index (χ1) is 16.7. The number of amides is 1. The minimum absolute atomic E-state index is 0.231. The molecule has 6 nitrogen and oxygen atoms in total. The first-order valence-corrected chi connectivity index (χ1v) is 12.3. The van der Waals surface area contributed by atoms with Crippen LogP contribution in [0.25, 0.3) is 0 Å². The number of carbonyl (C=O) groups is 1. The Hall–Kier alpha value is -2.84. The number of aliphatic hydroxyl groups is 1. The van der Waals surface area contributed by atoms with E-state index in [1.807, 2.05) is 91.0 Å². The molecule has 2 saturated heterocycles. The fourth-order valence-corrected chi connectivity index (χ4v) is 5.68. The number of rotatable bonds is 8. The summed E-state index contributed by atoms with van der Waals surface area (Å²) in [7, 11) is 0. The van der Waals surface area contributed by atoms with Crippen molar-refractivity contribution in [3.05, 3.63) is 102 Å². The second-order valence-corrected chi connectivity index (χ2v) is 9.54. The van der Waals surface area contributed by atoms with Crippen LogP contribution in [0.2, 0.25) is 0 Å². The number of nitrogens with zero attached hydrogens (tertiary/aromatic N) is 1. The van der Waals surface area contributed by atoms with Crippen LogP contribution in [0.3, 0.4) is 0 Å². The minimum Gasteiger partial charge on any atom is -0.441 e. The van der Waals surface area contributed by atoms with Gasteiger partial charge in [-0.25, -0.2) is 4.79 Å². The molecule has 1 N–H and O–H groups in total. The second-order valence-electron chi connectivity index (χ2n) is 8.37. The summed E-state index contributed by atoms with van der Waals surface area (Å²) in [5.74, 6) is 0. The van der Waals surface area contributed by atoms with Gasteiger partial charge in [0.1, 0.15) is 23.7 Å². The van der Waals surface area contributed by atoms with Crippen molar-refractivity contribution in [2.75, 3.05) is 6.61 Å². The maximum Gasteiger partial charge on any atom is 0.411 e. The summed E-state index contributed by atoms with van der Waals surface area (Å²) in [6.45, 7) is 0.511. The van der Waals surface area contributed by atoms with Crippen molar-refractivity contribution in [1.82, 2.24) is 4.90 Å². The zero-order valence-electron chi connectivity index (χ0n) is 18.6. The minimum atomic E-state index is -0.615. The van der Waals surface area contributed by atoms with E-state index in [-0.39, 0.29) is 12.6 Å². The molecule has 0 bridgehead atoms. The third-order valence-corrected chi connectivity index (χ3v) is 7.27. The van der Waals surface area contributed by atoms with Crippen molar-refractivity contribution < 1.29 is 24.1 Å². The summed E-state index contributed by atoms with van der Waals surface area (Å²) in [6.07, 6.45) is -2.16. The first-order valence-electron chi connectivity index (χ1n) is 11.4. The van der Waals surface area contributed by atoms with Crippen molar-refractivity contribution in [3.63, 3.8) is 0 Å². The Morgan fingerprint density at radius 1 is 0.882 bits per heavy atom. The maximum atomic E-state index is 13.1. The maximum absolute atomic E-state index is 13.1. The molecular weight excluding hydrogens is 450 g/mol. The molecular formula is C27H27NO5S. The van der Waals surface area contributed by atoms with Crippen molar-refractivity contribution in [3.8, 4) is 0 Å². The summed E-state index contributed by atoms with van der Waals surface area (Å²) in [6, 6.07) is 29.2. The number of hydrogen-bond donors (Lipinski definition) is 1. The molecule has 2 fully saturated rings. The van der Waals surface area contributed by atoms with E-state index in [1.165, 1.54) is 11.8 Å². The van der Waals surface area contributed by atoms with Crippen LogP contribution in [0, 0.1) is 0 Å². The van der Waals surface area contributed by atoms with Gasteiger partial charge in [-0.1, -0.05) is 90.6 Å². The molecule has 5 atom stereocenters. The van der Waals surface area contributed by atoms with Gasteiger partial charge in [-0.2, -0.15) is 0 Å². The average Bonchev–Trinajstić information content (AvgIpc) is 3.21. The van der Waals surface area contributed by atoms with Crippen molar-refractivity contribution in [2.45, 2.75) is 47.8 Å². The molecule has 2 heterocycles. The molecule has 5 rings (SSSR count). The highest BCUT2D eigenvalue weighted by Gasteiger charge is 2.56. The highest BCUT2D eigenvalue weighted by atomic mass is 32.2. The molecule has 0 aromatic heterocycles. The zero-order chi connectivity index (χ0) is 23.3. The van der Waals surface area contributed by atoms with E-state index >= 15 is 0 Å². The van der Waals surface area contributed by atoms with E-state index < -0.39 is 29.8 Å². The fourth-order valence-electron chi connectivity index (χ4n) is 4.45. The van der Waals surface area contributed by atoms with Gasteiger partial charge in [-0.05, 0) is 23.3 Å². The van der Waals surface area contributed by atoms with Gasteiger partial charge in [0, 0.05) is 11.4 Å². The zero-order valence-corrected chi connectivity index (χ0v) is 19.4. The second kappa shape index (κ2) is 10.6. The molecule has 0 radical (unpaired) electrons. The smallest absolute Gasteiger partial charge is 0.411 e. The highest BCUT2D eigenvalue weighted by Crippen LogP contribution is 2.41.